The summed E-state index contributed by atoms with van der Waals surface area (Å²) in [6, 6.07) is 77.5. The Bertz CT molecular complexity index is 3120. The Morgan fingerprint density at radius 1 is 0.263 bits per heavy atom. The minimum Gasteiger partial charge on any atom is -0.310 e. The Balaban J connectivity index is 1.10. The highest BCUT2D eigenvalue weighted by molar-refractivity contribution is 6.19. The summed E-state index contributed by atoms with van der Waals surface area (Å²) < 4.78 is 0. The van der Waals surface area contributed by atoms with Crippen molar-refractivity contribution in [1.29, 1.82) is 0 Å². The second-order valence-electron chi connectivity index (χ2n) is 14.9. The van der Waals surface area contributed by atoms with Gasteiger partial charge in [0, 0.05) is 16.8 Å². The Labute approximate surface area is 333 Å². The minimum absolute atomic E-state index is 1.10. The van der Waals surface area contributed by atoms with Crippen LogP contribution in [0.3, 0.4) is 0 Å². The number of benzene rings is 10. The molecular formula is C56H37N. The monoisotopic (exact) mass is 723 g/mol. The summed E-state index contributed by atoms with van der Waals surface area (Å²) in [5, 5.41) is 7.56. The Morgan fingerprint density at radius 3 is 1.47 bits per heavy atom. The largest absolute Gasteiger partial charge is 0.310 e. The van der Waals surface area contributed by atoms with E-state index in [0.29, 0.717) is 0 Å². The van der Waals surface area contributed by atoms with Crippen molar-refractivity contribution >= 4 is 61.5 Å². The Morgan fingerprint density at radius 2 is 0.772 bits per heavy atom. The molecule has 0 radical (unpaired) electrons. The van der Waals surface area contributed by atoms with E-state index >= 15 is 0 Å². The van der Waals surface area contributed by atoms with Crippen molar-refractivity contribution in [2.24, 2.45) is 0 Å². The average molecular weight is 724 g/mol. The van der Waals surface area contributed by atoms with Gasteiger partial charge in [-0.2, -0.15) is 0 Å². The smallest absolute Gasteiger partial charge is 0.0540 e. The molecule has 0 aliphatic heterocycles. The van der Waals surface area contributed by atoms with Gasteiger partial charge in [-0.05, 0) is 113 Å². The Hall–Kier alpha value is -7.48. The number of anilines is 3. The highest BCUT2D eigenvalue weighted by Crippen LogP contribution is 2.47. The van der Waals surface area contributed by atoms with Crippen molar-refractivity contribution in [2.45, 2.75) is 0 Å². The second-order valence-corrected chi connectivity index (χ2v) is 14.9. The van der Waals surface area contributed by atoms with E-state index in [-0.39, 0.29) is 0 Å². The molecule has 0 fully saturated rings. The molecule has 11 rings (SSSR count). The van der Waals surface area contributed by atoms with Crippen LogP contribution in [-0.2, 0) is 0 Å². The zero-order chi connectivity index (χ0) is 37.7. The van der Waals surface area contributed by atoms with E-state index in [0.717, 1.165) is 17.1 Å². The summed E-state index contributed by atoms with van der Waals surface area (Å²) in [6.45, 7) is 0. The predicted octanol–water partition coefficient (Wildman–Crippen LogP) is 15.8. The Kier molecular flexibility index (Phi) is 7.89. The van der Waals surface area contributed by atoms with Crippen molar-refractivity contribution in [3.63, 3.8) is 0 Å². The van der Waals surface area contributed by atoms with Crippen LogP contribution >= 0.6 is 0 Å². The van der Waals surface area contributed by atoms with Gasteiger partial charge in [-0.1, -0.05) is 194 Å². The van der Waals surface area contributed by atoms with E-state index in [1.54, 1.807) is 0 Å². The molecule has 0 aromatic heterocycles. The van der Waals surface area contributed by atoms with E-state index in [1.807, 2.05) is 0 Å². The number of fused-ring (bicyclic) bond motifs is 2. The van der Waals surface area contributed by atoms with E-state index < -0.39 is 0 Å². The van der Waals surface area contributed by atoms with Crippen molar-refractivity contribution in [2.75, 3.05) is 4.90 Å². The van der Waals surface area contributed by atoms with Gasteiger partial charge >= 0.3 is 0 Å². The third-order valence-electron chi connectivity index (χ3n) is 11.6. The minimum atomic E-state index is 1.10. The highest BCUT2D eigenvalue weighted by Gasteiger charge is 2.22. The summed E-state index contributed by atoms with van der Waals surface area (Å²) >= 11 is 0. The van der Waals surface area contributed by atoms with Crippen molar-refractivity contribution in [1.82, 2.24) is 0 Å². The molecule has 0 atom stereocenters. The fourth-order valence-electron chi connectivity index (χ4n) is 8.93. The molecule has 1 nitrogen and oxygen atoms in total. The van der Waals surface area contributed by atoms with Crippen LogP contribution in [0.15, 0.2) is 212 Å². The molecule has 1 aliphatic rings. The molecule has 10 aromatic rings. The molecular weight excluding hydrogens is 687 g/mol. The maximum Gasteiger partial charge on any atom is 0.0540 e. The topological polar surface area (TPSA) is 3.24 Å². The highest BCUT2D eigenvalue weighted by atomic mass is 15.1. The lowest BCUT2D eigenvalue weighted by Crippen LogP contribution is -2.10. The molecule has 0 bridgehead atoms. The second kappa shape index (κ2) is 13.7. The van der Waals surface area contributed by atoms with Gasteiger partial charge in [0.15, 0.2) is 0 Å². The molecule has 0 saturated heterocycles. The molecule has 0 heterocycles. The SMILES string of the molecule is C1=Cc2ccc(-c3ccc(N(c4ccc(-c5ccccc5)cc4)c4ccc(-c5cccc6ccccc56)cc4)c4ccccc34)c3c(-c4ccccc4)ccc1c23. The third kappa shape index (κ3) is 5.63. The van der Waals surface area contributed by atoms with Crippen molar-refractivity contribution in [3.8, 4) is 44.5 Å². The van der Waals surface area contributed by atoms with Gasteiger partial charge in [0.05, 0.1) is 5.69 Å². The first kappa shape index (κ1) is 32.9. The number of rotatable bonds is 7. The molecule has 0 spiro atoms. The molecule has 0 unspecified atom stereocenters. The lowest BCUT2D eigenvalue weighted by molar-refractivity contribution is 1.30. The molecule has 0 saturated carbocycles. The zero-order valence-corrected chi connectivity index (χ0v) is 31.3. The summed E-state index contributed by atoms with van der Waals surface area (Å²) in [4.78, 5) is 2.42. The van der Waals surface area contributed by atoms with E-state index in [1.165, 1.54) is 88.0 Å². The van der Waals surface area contributed by atoms with E-state index in [4.69, 9.17) is 0 Å². The van der Waals surface area contributed by atoms with Crippen molar-refractivity contribution < 1.29 is 0 Å². The maximum absolute atomic E-state index is 2.42. The first-order valence-corrected chi connectivity index (χ1v) is 19.7. The first-order valence-electron chi connectivity index (χ1n) is 19.7. The average Bonchev–Trinajstić information content (AvgIpc) is 3.72. The number of nitrogens with zero attached hydrogens (tertiary/aromatic N) is 1. The molecule has 266 valence electrons. The standard InChI is InChI=1S/C56H37N/c1-3-12-38(13-4-1)39-24-30-45(31-25-39)57(46-32-26-42(27-33-46)48-21-11-17-40-16-7-8-18-47(40)48)54-37-36-51(50-19-9-10-20-52(50)54)53-35-29-44-23-22-43-28-34-49(56(53)55(43)44)41-14-5-2-6-15-41/h1-37H. The van der Waals surface area contributed by atoms with Gasteiger partial charge in [0.2, 0.25) is 0 Å². The molecule has 0 N–H and O–H groups in total. The van der Waals surface area contributed by atoms with Crippen LogP contribution in [0.2, 0.25) is 0 Å². The van der Waals surface area contributed by atoms with Crippen LogP contribution in [0.25, 0.3) is 89.0 Å². The molecule has 10 aromatic carbocycles. The van der Waals surface area contributed by atoms with Gasteiger partial charge in [-0.3, -0.25) is 0 Å². The van der Waals surface area contributed by atoms with Gasteiger partial charge in [-0.15, -0.1) is 0 Å². The van der Waals surface area contributed by atoms with Crippen LogP contribution in [0.1, 0.15) is 11.1 Å². The van der Waals surface area contributed by atoms with Gasteiger partial charge < -0.3 is 4.90 Å². The normalized spacial score (nSPS) is 11.8. The first-order chi connectivity index (χ1) is 28.3. The summed E-state index contributed by atoms with van der Waals surface area (Å²) in [6.07, 6.45) is 4.51. The fraction of sp³-hybridized carbons (Fsp3) is 0. The third-order valence-corrected chi connectivity index (χ3v) is 11.6. The lowest BCUT2D eigenvalue weighted by atomic mass is 9.87. The number of hydrogen-bond acceptors (Lipinski definition) is 1. The molecule has 1 aliphatic carbocycles. The van der Waals surface area contributed by atoms with Crippen LogP contribution in [0.5, 0.6) is 0 Å². The summed E-state index contributed by atoms with van der Waals surface area (Å²) in [5.41, 5.74) is 15.7. The number of hydrogen-bond donors (Lipinski definition) is 0. The fourth-order valence-corrected chi connectivity index (χ4v) is 8.93. The summed E-state index contributed by atoms with van der Waals surface area (Å²) in [7, 11) is 0. The van der Waals surface area contributed by atoms with Gasteiger partial charge in [0.25, 0.3) is 0 Å². The van der Waals surface area contributed by atoms with Gasteiger partial charge in [0.1, 0.15) is 0 Å². The van der Waals surface area contributed by atoms with Crippen LogP contribution < -0.4 is 4.90 Å². The van der Waals surface area contributed by atoms with Crippen LogP contribution in [-0.4, -0.2) is 0 Å². The maximum atomic E-state index is 2.42. The quantitative estimate of drug-likeness (QED) is 0.158. The van der Waals surface area contributed by atoms with E-state index in [9.17, 15) is 0 Å². The molecule has 1 heteroatoms. The van der Waals surface area contributed by atoms with Crippen molar-refractivity contribution in [3.05, 3.63) is 223 Å². The molecule has 0 amide bonds. The van der Waals surface area contributed by atoms with E-state index in [2.05, 4.69) is 229 Å². The van der Waals surface area contributed by atoms with Crippen LogP contribution in [0, 0.1) is 0 Å². The van der Waals surface area contributed by atoms with Crippen LogP contribution in [0.4, 0.5) is 17.1 Å². The molecule has 57 heavy (non-hydrogen) atoms. The zero-order valence-electron chi connectivity index (χ0n) is 31.3. The van der Waals surface area contributed by atoms with Gasteiger partial charge in [-0.25, -0.2) is 0 Å². The predicted molar refractivity (Wildman–Crippen MR) is 244 cm³/mol. The summed E-state index contributed by atoms with van der Waals surface area (Å²) in [5.74, 6) is 0. The lowest BCUT2D eigenvalue weighted by Gasteiger charge is -2.28.